The molecule has 1 saturated heterocycles. The number of quaternary nitrogens is 1. The first-order valence-electron chi connectivity index (χ1n) is 9.77. The minimum absolute atomic E-state index is 0.0101. The molecule has 2 aromatic heterocycles. The summed E-state index contributed by atoms with van der Waals surface area (Å²) in [6.07, 6.45) is 0. The van der Waals surface area contributed by atoms with Gasteiger partial charge in [-0.2, -0.15) is 0 Å². The Morgan fingerprint density at radius 3 is 2.52 bits per heavy atom. The topological polar surface area (TPSA) is 126 Å². The average Bonchev–Trinajstić information content (AvgIpc) is 3.06. The number of carboxylic acids is 1. The number of hydrogen-bond donors (Lipinski definition) is 2. The van der Waals surface area contributed by atoms with E-state index in [9.17, 15) is 18.3 Å². The lowest BCUT2D eigenvalue weighted by Gasteiger charge is -2.23. The Balaban J connectivity index is 1.78. The second-order valence-electron chi connectivity index (χ2n) is 7.47. The largest absolute Gasteiger partial charge is 0.544 e. The number of aryl methyl sites for hydroxylation is 2. The molecule has 31 heavy (non-hydrogen) atoms. The first-order valence-corrected chi connectivity index (χ1v) is 12.1. The van der Waals surface area contributed by atoms with Gasteiger partial charge in [0, 0.05) is 0 Å². The third-order valence-corrected chi connectivity index (χ3v) is 7.71. The van der Waals surface area contributed by atoms with Crippen LogP contribution in [0.1, 0.15) is 26.6 Å². The fourth-order valence-corrected chi connectivity index (χ4v) is 5.54. The van der Waals surface area contributed by atoms with Crippen molar-refractivity contribution in [2.24, 2.45) is 0 Å². The Labute approximate surface area is 183 Å². The van der Waals surface area contributed by atoms with E-state index in [1.54, 1.807) is 19.1 Å². The molecule has 3 aromatic rings. The van der Waals surface area contributed by atoms with E-state index >= 15 is 0 Å². The molecular formula is C20H22N4O5S2. The minimum Gasteiger partial charge on any atom is -0.544 e. The average molecular weight is 463 g/mol. The molecule has 0 bridgehead atoms. The van der Waals surface area contributed by atoms with Gasteiger partial charge in [-0.3, -0.25) is 4.72 Å². The molecular weight excluding hydrogens is 440 g/mol. The van der Waals surface area contributed by atoms with Crippen LogP contribution in [0.2, 0.25) is 0 Å². The first-order chi connectivity index (χ1) is 14.7. The molecule has 164 valence electrons. The third-order valence-electron chi connectivity index (χ3n) is 5.19. The summed E-state index contributed by atoms with van der Waals surface area (Å²) in [6, 6.07) is 6.45. The molecule has 4 rings (SSSR count). The van der Waals surface area contributed by atoms with Crippen LogP contribution in [0.5, 0.6) is 0 Å². The Morgan fingerprint density at radius 1 is 1.19 bits per heavy atom. The zero-order chi connectivity index (χ0) is 22.2. The van der Waals surface area contributed by atoms with Gasteiger partial charge in [0.25, 0.3) is 10.0 Å². The Kier molecular flexibility index (Phi) is 5.93. The number of sulfonamides is 1. The number of benzene rings is 1. The second-order valence-corrected chi connectivity index (χ2v) is 10.2. The predicted molar refractivity (Wildman–Crippen MR) is 114 cm³/mol. The van der Waals surface area contributed by atoms with Gasteiger partial charge in [0.2, 0.25) is 0 Å². The van der Waals surface area contributed by atoms with Crippen LogP contribution in [0, 0.1) is 13.8 Å². The highest BCUT2D eigenvalue weighted by Gasteiger charge is 2.24. The second kappa shape index (κ2) is 8.50. The summed E-state index contributed by atoms with van der Waals surface area (Å²) in [6.45, 7) is 6.81. The number of fused-ring (bicyclic) bond motifs is 1. The van der Waals surface area contributed by atoms with E-state index in [4.69, 9.17) is 4.74 Å². The van der Waals surface area contributed by atoms with Gasteiger partial charge in [-0.1, -0.05) is 17.7 Å². The van der Waals surface area contributed by atoms with Crippen molar-refractivity contribution in [2.75, 3.05) is 31.0 Å². The molecule has 11 heteroatoms. The summed E-state index contributed by atoms with van der Waals surface area (Å²) in [4.78, 5) is 22.3. The van der Waals surface area contributed by atoms with Crippen LogP contribution >= 0.6 is 11.3 Å². The molecule has 0 atom stereocenters. The number of morpholine rings is 1. The summed E-state index contributed by atoms with van der Waals surface area (Å²) >= 11 is 0.964. The molecule has 1 aliphatic rings. The first kappa shape index (κ1) is 21.6. The summed E-state index contributed by atoms with van der Waals surface area (Å²) in [5, 5.41) is 11.9. The molecule has 3 heterocycles. The number of nitrogens with one attached hydrogen (secondary N) is 2. The van der Waals surface area contributed by atoms with E-state index in [0.29, 0.717) is 41.4 Å². The van der Waals surface area contributed by atoms with Gasteiger partial charge in [-0.05, 0) is 31.5 Å². The van der Waals surface area contributed by atoms with Crippen molar-refractivity contribution < 1.29 is 28.0 Å². The number of aromatic carboxylic acids is 1. The lowest BCUT2D eigenvalue weighted by atomic mass is 10.2. The van der Waals surface area contributed by atoms with Crippen LogP contribution in [0.4, 0.5) is 5.82 Å². The lowest BCUT2D eigenvalue weighted by Crippen LogP contribution is -3.12. The van der Waals surface area contributed by atoms with E-state index in [1.165, 1.54) is 17.0 Å². The quantitative estimate of drug-likeness (QED) is 0.523. The number of nitrogens with zero attached hydrogens (tertiary/aromatic N) is 2. The van der Waals surface area contributed by atoms with Crippen LogP contribution in [-0.2, 0) is 21.3 Å². The summed E-state index contributed by atoms with van der Waals surface area (Å²) < 4.78 is 33.9. The molecule has 0 aliphatic carbocycles. The van der Waals surface area contributed by atoms with E-state index in [-0.39, 0.29) is 15.6 Å². The van der Waals surface area contributed by atoms with Crippen molar-refractivity contribution in [3.05, 3.63) is 46.1 Å². The molecule has 9 nitrogen and oxygen atoms in total. The van der Waals surface area contributed by atoms with Gasteiger partial charge >= 0.3 is 0 Å². The van der Waals surface area contributed by atoms with E-state index in [0.717, 1.165) is 30.0 Å². The maximum Gasteiger partial charge on any atom is 0.263 e. The SMILES string of the molecule is Cc1ccc(S(=O)(=O)Nc2nc(C[NH+]3CCOCC3)nc3sc(C(=O)[O-])c(C)c23)cc1. The van der Waals surface area contributed by atoms with E-state index < -0.39 is 16.0 Å². The van der Waals surface area contributed by atoms with Gasteiger partial charge in [-0.15, -0.1) is 11.3 Å². The molecule has 1 aliphatic heterocycles. The predicted octanol–water partition coefficient (Wildman–Crippen LogP) is -0.112. The van der Waals surface area contributed by atoms with Gasteiger partial charge < -0.3 is 19.5 Å². The van der Waals surface area contributed by atoms with Crippen molar-refractivity contribution in [3.8, 4) is 0 Å². The van der Waals surface area contributed by atoms with E-state index in [2.05, 4.69) is 14.7 Å². The summed E-state index contributed by atoms with van der Waals surface area (Å²) in [5.74, 6) is -0.806. The number of ether oxygens (including phenoxy) is 1. The normalized spacial score (nSPS) is 15.3. The van der Waals surface area contributed by atoms with Crippen molar-refractivity contribution in [2.45, 2.75) is 25.3 Å². The monoisotopic (exact) mass is 462 g/mol. The zero-order valence-corrected chi connectivity index (χ0v) is 18.7. The lowest BCUT2D eigenvalue weighted by molar-refractivity contribution is -0.922. The molecule has 1 aromatic carbocycles. The molecule has 0 saturated carbocycles. The van der Waals surface area contributed by atoms with Crippen LogP contribution in [0.15, 0.2) is 29.2 Å². The van der Waals surface area contributed by atoms with E-state index in [1.807, 2.05) is 6.92 Å². The van der Waals surface area contributed by atoms with Crippen LogP contribution in [0.25, 0.3) is 10.2 Å². The Morgan fingerprint density at radius 2 is 1.87 bits per heavy atom. The highest BCUT2D eigenvalue weighted by Crippen LogP contribution is 2.34. The maximum atomic E-state index is 13.0. The number of carbonyl (C=O) groups excluding carboxylic acids is 1. The molecule has 0 spiro atoms. The molecule has 0 unspecified atom stereocenters. The van der Waals surface area contributed by atoms with Gasteiger partial charge in [-0.25, -0.2) is 18.4 Å². The standard InChI is InChI=1S/C20H22N4O5S2/c1-12-3-5-14(6-4-12)31(27,28)23-18-16-13(2)17(20(25)26)30-19(16)22-15(21-18)11-24-7-9-29-10-8-24/h3-6H,7-11H2,1-2H3,(H,25,26)(H,21,22,23). The number of carbonyl (C=O) groups is 1. The fraction of sp³-hybridized carbons (Fsp3) is 0.350. The van der Waals surface area contributed by atoms with Crippen molar-refractivity contribution >= 4 is 43.4 Å². The molecule has 2 N–H and O–H groups in total. The van der Waals surface area contributed by atoms with Gasteiger partial charge in [0.15, 0.2) is 11.6 Å². The summed E-state index contributed by atoms with van der Waals surface area (Å²) in [7, 11) is -3.92. The smallest absolute Gasteiger partial charge is 0.263 e. The number of anilines is 1. The van der Waals surface area contributed by atoms with Crippen LogP contribution in [-0.4, -0.2) is 50.7 Å². The fourth-order valence-electron chi connectivity index (χ4n) is 3.49. The highest BCUT2D eigenvalue weighted by atomic mass is 32.2. The van der Waals surface area contributed by atoms with Crippen LogP contribution in [0.3, 0.4) is 0 Å². The molecule has 0 radical (unpaired) electrons. The summed E-state index contributed by atoms with van der Waals surface area (Å²) in [5.41, 5.74) is 1.32. The van der Waals surface area contributed by atoms with Gasteiger partial charge in [0.1, 0.15) is 24.5 Å². The third kappa shape index (κ3) is 4.54. The Hall–Kier alpha value is -2.60. The number of rotatable bonds is 6. The number of carboxylic acid groups (broad SMARTS) is 1. The van der Waals surface area contributed by atoms with Crippen molar-refractivity contribution in [1.29, 1.82) is 0 Å². The van der Waals surface area contributed by atoms with Gasteiger partial charge in [0.05, 0.1) is 34.3 Å². The Bertz CT molecular complexity index is 1230. The number of aromatic nitrogens is 2. The van der Waals surface area contributed by atoms with Crippen molar-refractivity contribution in [3.63, 3.8) is 0 Å². The highest BCUT2D eigenvalue weighted by molar-refractivity contribution is 7.92. The van der Waals surface area contributed by atoms with Crippen molar-refractivity contribution in [1.82, 2.24) is 9.97 Å². The number of hydrogen-bond acceptors (Lipinski definition) is 8. The van der Waals surface area contributed by atoms with Crippen LogP contribution < -0.4 is 14.7 Å². The maximum absolute atomic E-state index is 13.0. The zero-order valence-electron chi connectivity index (χ0n) is 17.1. The molecule has 1 fully saturated rings. The number of thiophene rings is 1. The molecule has 0 amide bonds. The minimum atomic E-state index is -3.92.